The molecule has 2 heterocycles. The van der Waals surface area contributed by atoms with Crippen molar-refractivity contribution < 1.29 is 4.74 Å². The Labute approximate surface area is 114 Å². The molecule has 104 valence electrons. The molecule has 0 bridgehead atoms. The predicted octanol–water partition coefficient (Wildman–Crippen LogP) is 0.909. The van der Waals surface area contributed by atoms with Crippen molar-refractivity contribution in [3.05, 3.63) is 23.8 Å². The summed E-state index contributed by atoms with van der Waals surface area (Å²) >= 11 is 0. The van der Waals surface area contributed by atoms with Crippen molar-refractivity contribution in [2.75, 3.05) is 26.7 Å². The summed E-state index contributed by atoms with van der Waals surface area (Å²) in [6.45, 7) is 4.59. The molecule has 0 aromatic carbocycles. The summed E-state index contributed by atoms with van der Waals surface area (Å²) in [5.41, 5.74) is 1.07. The molecule has 5 heteroatoms. The minimum Gasteiger partial charge on any atom is -0.374 e. The zero-order valence-corrected chi connectivity index (χ0v) is 11.7. The van der Waals surface area contributed by atoms with Crippen LogP contribution in [0.1, 0.15) is 30.4 Å². The molecule has 2 atom stereocenters. The fraction of sp³-hybridized carbons (Fsp3) is 0.714. The normalized spacial score (nSPS) is 28.5. The van der Waals surface area contributed by atoms with E-state index in [1.807, 2.05) is 19.2 Å². The van der Waals surface area contributed by atoms with Gasteiger partial charge in [0.25, 0.3) is 0 Å². The zero-order valence-electron chi connectivity index (χ0n) is 11.7. The Balaban J connectivity index is 1.75. The van der Waals surface area contributed by atoms with Crippen molar-refractivity contribution in [3.63, 3.8) is 0 Å². The Morgan fingerprint density at radius 3 is 3.05 bits per heavy atom. The Hall–Kier alpha value is -1.04. The molecule has 3 rings (SSSR count). The lowest BCUT2D eigenvalue weighted by molar-refractivity contribution is -0.0629. The first-order valence-corrected chi connectivity index (χ1v) is 7.09. The SMILES string of the molecule is Cc1nccc(C2C(CNC3CC3)OCCN2C)n1. The third-order valence-electron chi connectivity index (χ3n) is 3.89. The van der Waals surface area contributed by atoms with E-state index in [2.05, 4.69) is 27.2 Å². The van der Waals surface area contributed by atoms with Crippen molar-refractivity contribution in [3.8, 4) is 0 Å². The monoisotopic (exact) mass is 262 g/mol. The molecule has 0 amide bonds. The summed E-state index contributed by atoms with van der Waals surface area (Å²) in [6, 6.07) is 2.94. The van der Waals surface area contributed by atoms with E-state index in [-0.39, 0.29) is 12.1 Å². The fourth-order valence-corrected chi connectivity index (χ4v) is 2.66. The van der Waals surface area contributed by atoms with Gasteiger partial charge in [0.15, 0.2) is 0 Å². The van der Waals surface area contributed by atoms with Crippen LogP contribution in [0.4, 0.5) is 0 Å². The number of hydrogen-bond donors (Lipinski definition) is 1. The Morgan fingerprint density at radius 1 is 1.47 bits per heavy atom. The number of morpholine rings is 1. The third kappa shape index (κ3) is 3.11. The standard InChI is InChI=1S/C14H22N4O/c1-10-15-6-5-12(17-10)14-13(9-16-11-3-4-11)19-8-7-18(14)2/h5-6,11,13-14,16H,3-4,7-9H2,1-2H3. The Bertz CT molecular complexity index is 435. The van der Waals surface area contributed by atoms with Crippen LogP contribution in [0.3, 0.4) is 0 Å². The molecule has 5 nitrogen and oxygen atoms in total. The van der Waals surface area contributed by atoms with Crippen LogP contribution in [-0.4, -0.2) is 53.8 Å². The average molecular weight is 262 g/mol. The van der Waals surface area contributed by atoms with E-state index in [1.54, 1.807) is 0 Å². The maximum Gasteiger partial charge on any atom is 0.125 e. The van der Waals surface area contributed by atoms with E-state index in [0.29, 0.717) is 6.04 Å². The summed E-state index contributed by atoms with van der Waals surface area (Å²) in [6.07, 6.45) is 4.62. The lowest BCUT2D eigenvalue weighted by Crippen LogP contribution is -2.48. The van der Waals surface area contributed by atoms with Crippen molar-refractivity contribution in [1.82, 2.24) is 20.2 Å². The minimum atomic E-state index is 0.175. The Morgan fingerprint density at radius 2 is 2.32 bits per heavy atom. The molecule has 2 unspecified atom stereocenters. The van der Waals surface area contributed by atoms with Crippen LogP contribution in [0.25, 0.3) is 0 Å². The van der Waals surface area contributed by atoms with Crippen LogP contribution in [-0.2, 0) is 4.74 Å². The second kappa shape index (κ2) is 5.53. The van der Waals surface area contributed by atoms with Gasteiger partial charge in [0, 0.05) is 25.3 Å². The van der Waals surface area contributed by atoms with Crippen molar-refractivity contribution in [2.45, 2.75) is 38.0 Å². The number of aryl methyl sites for hydroxylation is 1. The molecule has 2 fully saturated rings. The maximum absolute atomic E-state index is 5.97. The summed E-state index contributed by atoms with van der Waals surface area (Å²) in [7, 11) is 2.15. The van der Waals surface area contributed by atoms with Gasteiger partial charge in [-0.2, -0.15) is 0 Å². The highest BCUT2D eigenvalue weighted by atomic mass is 16.5. The average Bonchev–Trinajstić information content (AvgIpc) is 3.20. The van der Waals surface area contributed by atoms with Crippen LogP contribution in [0.15, 0.2) is 12.3 Å². The van der Waals surface area contributed by atoms with Gasteiger partial charge in [0.1, 0.15) is 5.82 Å². The minimum absolute atomic E-state index is 0.175. The van der Waals surface area contributed by atoms with Gasteiger partial charge in [-0.15, -0.1) is 0 Å². The lowest BCUT2D eigenvalue weighted by Gasteiger charge is -2.39. The van der Waals surface area contributed by atoms with Gasteiger partial charge in [0.2, 0.25) is 0 Å². The third-order valence-corrected chi connectivity index (χ3v) is 3.89. The van der Waals surface area contributed by atoms with Crippen LogP contribution < -0.4 is 5.32 Å². The number of rotatable bonds is 4. The van der Waals surface area contributed by atoms with Gasteiger partial charge in [-0.25, -0.2) is 9.97 Å². The van der Waals surface area contributed by atoms with E-state index in [1.165, 1.54) is 12.8 Å². The molecule has 2 aliphatic rings. The molecule has 19 heavy (non-hydrogen) atoms. The van der Waals surface area contributed by atoms with Crippen LogP contribution >= 0.6 is 0 Å². The highest BCUT2D eigenvalue weighted by molar-refractivity contribution is 5.11. The number of likely N-dealkylation sites (N-methyl/N-ethyl adjacent to an activating group) is 1. The van der Waals surface area contributed by atoms with E-state index in [4.69, 9.17) is 4.74 Å². The number of ether oxygens (including phenoxy) is 1. The lowest BCUT2D eigenvalue weighted by atomic mass is 10.0. The van der Waals surface area contributed by atoms with E-state index >= 15 is 0 Å². The highest BCUT2D eigenvalue weighted by Crippen LogP contribution is 2.27. The number of nitrogens with one attached hydrogen (secondary N) is 1. The molecule has 1 N–H and O–H groups in total. The smallest absolute Gasteiger partial charge is 0.125 e. The molecule has 1 saturated carbocycles. The second-order valence-corrected chi connectivity index (χ2v) is 5.55. The van der Waals surface area contributed by atoms with Gasteiger partial charge in [0.05, 0.1) is 24.4 Å². The fourth-order valence-electron chi connectivity index (χ4n) is 2.66. The molecular weight excluding hydrogens is 240 g/mol. The molecule has 1 aliphatic heterocycles. The van der Waals surface area contributed by atoms with Crippen LogP contribution in [0, 0.1) is 6.92 Å². The van der Waals surface area contributed by atoms with E-state index in [9.17, 15) is 0 Å². The van der Waals surface area contributed by atoms with Crippen LogP contribution in [0.2, 0.25) is 0 Å². The topological polar surface area (TPSA) is 50.3 Å². The van der Waals surface area contributed by atoms with Gasteiger partial charge in [-0.1, -0.05) is 0 Å². The molecule has 1 aromatic heterocycles. The Kier molecular flexibility index (Phi) is 3.77. The molecule has 0 radical (unpaired) electrons. The van der Waals surface area contributed by atoms with Gasteiger partial charge >= 0.3 is 0 Å². The summed E-state index contributed by atoms with van der Waals surface area (Å²) in [5, 5.41) is 3.57. The van der Waals surface area contributed by atoms with Gasteiger partial charge < -0.3 is 10.1 Å². The van der Waals surface area contributed by atoms with E-state index < -0.39 is 0 Å². The molecular formula is C14H22N4O. The first-order chi connectivity index (χ1) is 9.24. The molecule has 1 aliphatic carbocycles. The summed E-state index contributed by atoms with van der Waals surface area (Å²) in [5.74, 6) is 0.824. The second-order valence-electron chi connectivity index (χ2n) is 5.55. The number of nitrogens with zero attached hydrogens (tertiary/aromatic N) is 3. The molecule has 0 spiro atoms. The first-order valence-electron chi connectivity index (χ1n) is 7.09. The van der Waals surface area contributed by atoms with Gasteiger partial charge in [-0.05, 0) is 32.9 Å². The van der Waals surface area contributed by atoms with Gasteiger partial charge in [-0.3, -0.25) is 4.90 Å². The quantitative estimate of drug-likeness (QED) is 0.874. The van der Waals surface area contributed by atoms with Crippen molar-refractivity contribution in [2.24, 2.45) is 0 Å². The van der Waals surface area contributed by atoms with Crippen LogP contribution in [0.5, 0.6) is 0 Å². The van der Waals surface area contributed by atoms with Crippen molar-refractivity contribution >= 4 is 0 Å². The zero-order chi connectivity index (χ0) is 13.2. The maximum atomic E-state index is 5.97. The molecule has 1 aromatic rings. The largest absolute Gasteiger partial charge is 0.374 e. The number of aromatic nitrogens is 2. The predicted molar refractivity (Wildman–Crippen MR) is 72.9 cm³/mol. The number of hydrogen-bond acceptors (Lipinski definition) is 5. The highest BCUT2D eigenvalue weighted by Gasteiger charge is 2.33. The summed E-state index contributed by atoms with van der Waals surface area (Å²) < 4.78 is 5.97. The first kappa shape index (κ1) is 13.0. The van der Waals surface area contributed by atoms with E-state index in [0.717, 1.165) is 31.2 Å². The summed E-state index contributed by atoms with van der Waals surface area (Å²) in [4.78, 5) is 11.1. The van der Waals surface area contributed by atoms with Crippen molar-refractivity contribution in [1.29, 1.82) is 0 Å². The molecule has 1 saturated heterocycles.